The summed E-state index contributed by atoms with van der Waals surface area (Å²) >= 11 is 6.01. The lowest BCUT2D eigenvalue weighted by atomic mass is 10.1. The summed E-state index contributed by atoms with van der Waals surface area (Å²) in [6.45, 7) is 2.93. The van der Waals surface area contributed by atoms with Gasteiger partial charge >= 0.3 is 0 Å². The Labute approximate surface area is 134 Å². The molecule has 0 unspecified atom stereocenters. The number of nitrogens with zero attached hydrogens (tertiary/aromatic N) is 3. The summed E-state index contributed by atoms with van der Waals surface area (Å²) in [6.07, 6.45) is 5.70. The zero-order chi connectivity index (χ0) is 15.9. The molecule has 0 aliphatic rings. The standard InChI is InChI=1S/C16H18ClN3O2/c1-3-8-22-15-5-4-12(17)9-14(15)16(21)20(2)11-13-10-18-6-7-19-13/h4-7,9-10H,3,8,11H2,1-2H3. The average molecular weight is 320 g/mol. The van der Waals surface area contributed by atoms with Crippen molar-refractivity contribution >= 4 is 17.5 Å². The first-order valence-corrected chi connectivity index (χ1v) is 7.42. The quantitative estimate of drug-likeness (QED) is 0.820. The highest BCUT2D eigenvalue weighted by Crippen LogP contribution is 2.24. The van der Waals surface area contributed by atoms with Crippen molar-refractivity contribution in [1.29, 1.82) is 0 Å². The van der Waals surface area contributed by atoms with Gasteiger partial charge in [-0.25, -0.2) is 0 Å². The number of ether oxygens (including phenoxy) is 1. The molecule has 0 aliphatic heterocycles. The van der Waals surface area contributed by atoms with Crippen LogP contribution < -0.4 is 4.74 Å². The van der Waals surface area contributed by atoms with Gasteiger partial charge in [-0.15, -0.1) is 0 Å². The molecule has 0 atom stereocenters. The molecule has 6 heteroatoms. The Balaban J connectivity index is 2.18. The van der Waals surface area contributed by atoms with Crippen LogP contribution in [0.3, 0.4) is 0 Å². The molecular formula is C16H18ClN3O2. The first-order valence-electron chi connectivity index (χ1n) is 7.04. The van der Waals surface area contributed by atoms with Crippen LogP contribution in [0.5, 0.6) is 5.75 Å². The molecule has 0 fully saturated rings. The Morgan fingerprint density at radius 2 is 2.18 bits per heavy atom. The summed E-state index contributed by atoms with van der Waals surface area (Å²) in [4.78, 5) is 22.4. The smallest absolute Gasteiger partial charge is 0.257 e. The molecule has 1 amide bonds. The first-order chi connectivity index (χ1) is 10.6. The fraction of sp³-hybridized carbons (Fsp3) is 0.312. The third-order valence-corrected chi connectivity index (χ3v) is 3.23. The van der Waals surface area contributed by atoms with Crippen molar-refractivity contribution in [2.75, 3.05) is 13.7 Å². The number of halogens is 1. The van der Waals surface area contributed by atoms with Crippen molar-refractivity contribution < 1.29 is 9.53 Å². The van der Waals surface area contributed by atoms with Gasteiger partial charge in [0.1, 0.15) is 5.75 Å². The van der Waals surface area contributed by atoms with Crippen LogP contribution in [0.1, 0.15) is 29.4 Å². The third-order valence-electron chi connectivity index (χ3n) is 3.00. The summed E-state index contributed by atoms with van der Waals surface area (Å²) in [7, 11) is 1.71. The Hall–Kier alpha value is -2.14. The van der Waals surface area contributed by atoms with Gasteiger partial charge in [0, 0.05) is 24.5 Å². The van der Waals surface area contributed by atoms with E-state index in [1.54, 1.807) is 48.7 Å². The van der Waals surface area contributed by atoms with Crippen molar-refractivity contribution in [3.8, 4) is 5.75 Å². The normalized spacial score (nSPS) is 10.3. The van der Waals surface area contributed by atoms with Crippen molar-refractivity contribution in [1.82, 2.24) is 14.9 Å². The highest BCUT2D eigenvalue weighted by atomic mass is 35.5. The van der Waals surface area contributed by atoms with Crippen LogP contribution in [0.25, 0.3) is 0 Å². The van der Waals surface area contributed by atoms with Gasteiger partial charge in [0.05, 0.1) is 30.6 Å². The molecule has 0 aliphatic carbocycles. The maximum atomic E-state index is 12.6. The van der Waals surface area contributed by atoms with Gasteiger partial charge in [-0.05, 0) is 24.6 Å². The van der Waals surface area contributed by atoms with E-state index in [4.69, 9.17) is 16.3 Å². The molecular weight excluding hydrogens is 302 g/mol. The number of rotatable bonds is 6. The summed E-state index contributed by atoms with van der Waals surface area (Å²) < 4.78 is 5.63. The summed E-state index contributed by atoms with van der Waals surface area (Å²) in [5.41, 5.74) is 1.17. The van der Waals surface area contributed by atoms with Crippen LogP contribution in [0, 0.1) is 0 Å². The molecule has 1 aromatic heterocycles. The minimum Gasteiger partial charge on any atom is -0.493 e. The average Bonchev–Trinajstić information content (AvgIpc) is 2.54. The number of amides is 1. The molecule has 0 saturated carbocycles. The van der Waals surface area contributed by atoms with Crippen LogP contribution in [0.4, 0.5) is 0 Å². The molecule has 2 rings (SSSR count). The van der Waals surface area contributed by atoms with E-state index in [9.17, 15) is 4.79 Å². The van der Waals surface area contributed by atoms with Gasteiger partial charge in [0.25, 0.3) is 5.91 Å². The lowest BCUT2D eigenvalue weighted by Crippen LogP contribution is -2.27. The number of carbonyl (C=O) groups excluding carboxylic acids is 1. The summed E-state index contributed by atoms with van der Waals surface area (Å²) in [5, 5.41) is 0.500. The minimum atomic E-state index is -0.167. The van der Waals surface area contributed by atoms with E-state index in [1.807, 2.05) is 6.92 Å². The largest absolute Gasteiger partial charge is 0.493 e. The first kappa shape index (κ1) is 16.2. The number of benzene rings is 1. The van der Waals surface area contributed by atoms with Crippen LogP contribution >= 0.6 is 11.6 Å². The number of carbonyl (C=O) groups is 1. The van der Waals surface area contributed by atoms with Gasteiger partial charge in [0.2, 0.25) is 0 Å². The monoisotopic (exact) mass is 319 g/mol. The van der Waals surface area contributed by atoms with Crippen LogP contribution in [-0.2, 0) is 6.54 Å². The van der Waals surface area contributed by atoms with Crippen molar-refractivity contribution in [3.05, 3.63) is 53.1 Å². The number of aromatic nitrogens is 2. The molecule has 22 heavy (non-hydrogen) atoms. The predicted octanol–water partition coefficient (Wildman–Crippen LogP) is 3.19. The zero-order valence-corrected chi connectivity index (χ0v) is 13.4. The maximum Gasteiger partial charge on any atom is 0.257 e. The van der Waals surface area contributed by atoms with Gasteiger partial charge in [-0.3, -0.25) is 14.8 Å². The topological polar surface area (TPSA) is 55.3 Å². The van der Waals surface area contributed by atoms with E-state index in [1.165, 1.54) is 0 Å². The Kier molecular flexibility index (Phi) is 5.72. The van der Waals surface area contributed by atoms with Crippen molar-refractivity contribution in [2.24, 2.45) is 0 Å². The molecule has 1 heterocycles. The molecule has 0 N–H and O–H groups in total. The van der Waals surface area contributed by atoms with E-state index in [0.717, 1.165) is 12.1 Å². The lowest BCUT2D eigenvalue weighted by Gasteiger charge is -2.19. The molecule has 0 radical (unpaired) electrons. The Bertz CT molecular complexity index is 635. The fourth-order valence-electron chi connectivity index (χ4n) is 1.94. The van der Waals surface area contributed by atoms with Crippen LogP contribution in [-0.4, -0.2) is 34.4 Å². The molecule has 2 aromatic rings. The van der Waals surface area contributed by atoms with Gasteiger partial charge in [0.15, 0.2) is 0 Å². The Morgan fingerprint density at radius 3 is 2.86 bits per heavy atom. The molecule has 5 nitrogen and oxygen atoms in total. The van der Waals surface area contributed by atoms with Crippen molar-refractivity contribution in [2.45, 2.75) is 19.9 Å². The molecule has 0 saturated heterocycles. The maximum absolute atomic E-state index is 12.6. The molecule has 0 spiro atoms. The summed E-state index contributed by atoms with van der Waals surface area (Å²) in [5.74, 6) is 0.376. The second-order valence-corrected chi connectivity index (χ2v) is 5.28. The third kappa shape index (κ3) is 4.18. The van der Waals surface area contributed by atoms with E-state index in [0.29, 0.717) is 29.5 Å². The fourth-order valence-corrected chi connectivity index (χ4v) is 2.11. The van der Waals surface area contributed by atoms with E-state index >= 15 is 0 Å². The van der Waals surface area contributed by atoms with Gasteiger partial charge in [-0.1, -0.05) is 18.5 Å². The highest BCUT2D eigenvalue weighted by molar-refractivity contribution is 6.31. The molecule has 1 aromatic carbocycles. The van der Waals surface area contributed by atoms with Gasteiger partial charge < -0.3 is 9.64 Å². The van der Waals surface area contributed by atoms with Gasteiger partial charge in [-0.2, -0.15) is 0 Å². The second-order valence-electron chi connectivity index (χ2n) is 4.85. The minimum absolute atomic E-state index is 0.167. The highest BCUT2D eigenvalue weighted by Gasteiger charge is 2.18. The second kappa shape index (κ2) is 7.75. The van der Waals surface area contributed by atoms with Crippen molar-refractivity contribution in [3.63, 3.8) is 0 Å². The predicted molar refractivity (Wildman–Crippen MR) is 85.1 cm³/mol. The SMILES string of the molecule is CCCOc1ccc(Cl)cc1C(=O)N(C)Cc1cnccn1. The molecule has 0 bridgehead atoms. The van der Waals surface area contributed by atoms with E-state index in [2.05, 4.69) is 9.97 Å². The van der Waals surface area contributed by atoms with E-state index < -0.39 is 0 Å². The van der Waals surface area contributed by atoms with Crippen LogP contribution in [0.15, 0.2) is 36.8 Å². The zero-order valence-electron chi connectivity index (χ0n) is 12.6. The lowest BCUT2D eigenvalue weighted by molar-refractivity contribution is 0.0779. The van der Waals surface area contributed by atoms with Crippen LogP contribution in [0.2, 0.25) is 5.02 Å². The summed E-state index contributed by atoms with van der Waals surface area (Å²) in [6, 6.07) is 5.06. The molecule has 116 valence electrons. The van der Waals surface area contributed by atoms with E-state index in [-0.39, 0.29) is 5.91 Å². The number of hydrogen-bond donors (Lipinski definition) is 0. The number of hydrogen-bond acceptors (Lipinski definition) is 4. The Morgan fingerprint density at radius 1 is 1.36 bits per heavy atom.